The Labute approximate surface area is 59.9 Å². The van der Waals surface area contributed by atoms with Gasteiger partial charge < -0.3 is 4.74 Å². The molecule has 0 saturated heterocycles. The quantitative estimate of drug-likeness (QED) is 0.484. The Morgan fingerprint density at radius 1 is 1.60 bits per heavy atom. The van der Waals surface area contributed by atoms with Crippen molar-refractivity contribution in [3.8, 4) is 0 Å². The highest BCUT2D eigenvalue weighted by molar-refractivity contribution is 5.74. The first-order valence-electron chi connectivity index (χ1n) is 3.45. The van der Waals surface area contributed by atoms with Gasteiger partial charge in [-0.25, -0.2) is 0 Å². The first-order chi connectivity index (χ1) is 4.97. The van der Waals surface area contributed by atoms with Gasteiger partial charge in [0.05, 0.1) is 13.2 Å². The number of hydrogen-bond donors (Lipinski definition) is 0. The zero-order valence-corrected chi connectivity index (χ0v) is 5.66. The van der Waals surface area contributed by atoms with Gasteiger partial charge in [0.25, 0.3) is 0 Å². The molecule has 0 N–H and O–H groups in total. The summed E-state index contributed by atoms with van der Waals surface area (Å²) in [6.45, 7) is 1.52. The fourth-order valence-corrected chi connectivity index (χ4v) is 1.18. The summed E-state index contributed by atoms with van der Waals surface area (Å²) in [6, 6.07) is 0. The first-order valence-corrected chi connectivity index (χ1v) is 3.45. The summed E-state index contributed by atoms with van der Waals surface area (Å²) in [4.78, 5) is 4.10. The third-order valence-corrected chi connectivity index (χ3v) is 1.72. The number of aliphatic imine (C=N–C) groups is 1. The highest BCUT2D eigenvalue weighted by Crippen LogP contribution is 2.15. The third-order valence-electron chi connectivity index (χ3n) is 1.72. The molecule has 1 unspecified atom stereocenters. The number of fused-ring (bicyclic) bond motifs is 1. The number of allylic oxidation sites excluding steroid dienone is 1. The molecule has 2 heterocycles. The van der Waals surface area contributed by atoms with Crippen molar-refractivity contribution in [3.05, 3.63) is 23.8 Å². The lowest BCUT2D eigenvalue weighted by atomic mass is 10.1. The zero-order chi connectivity index (χ0) is 6.81. The maximum atomic E-state index is 5.41. The van der Waals surface area contributed by atoms with Crippen LogP contribution in [0.5, 0.6) is 0 Å². The van der Waals surface area contributed by atoms with Gasteiger partial charge in [0.15, 0.2) is 0 Å². The van der Waals surface area contributed by atoms with Crippen LogP contribution in [0.4, 0.5) is 0 Å². The molecule has 10 heavy (non-hydrogen) atoms. The van der Waals surface area contributed by atoms with E-state index in [1.54, 1.807) is 0 Å². The molecule has 0 spiro atoms. The molecule has 0 saturated carbocycles. The normalized spacial score (nSPS) is 29.6. The average Bonchev–Trinajstić information content (AvgIpc) is 2.05. The largest absolute Gasteiger partial charge is 0.368 e. The summed E-state index contributed by atoms with van der Waals surface area (Å²) in [5.41, 5.74) is 1.25. The van der Waals surface area contributed by atoms with Crippen molar-refractivity contribution in [2.24, 2.45) is 4.99 Å². The molecule has 0 amide bonds. The molecule has 0 aliphatic carbocycles. The van der Waals surface area contributed by atoms with Gasteiger partial charge in [0.2, 0.25) is 0 Å². The highest BCUT2D eigenvalue weighted by Gasteiger charge is 2.15. The number of dihydropyridines is 1. The van der Waals surface area contributed by atoms with Crippen molar-refractivity contribution >= 4 is 6.21 Å². The maximum absolute atomic E-state index is 5.41. The molecule has 0 fully saturated rings. The monoisotopic (exact) mass is 135 g/mol. The number of hydrogen-bond acceptors (Lipinski definition) is 2. The minimum Gasteiger partial charge on any atom is -0.368 e. The van der Waals surface area contributed by atoms with Crippen LogP contribution in [0.25, 0.3) is 0 Å². The van der Waals surface area contributed by atoms with E-state index in [2.05, 4.69) is 11.1 Å². The lowest BCUT2D eigenvalue weighted by Crippen LogP contribution is -2.23. The van der Waals surface area contributed by atoms with Gasteiger partial charge >= 0.3 is 0 Å². The summed E-state index contributed by atoms with van der Waals surface area (Å²) in [5, 5.41) is 0. The molecule has 2 aliphatic heterocycles. The Morgan fingerprint density at radius 2 is 2.60 bits per heavy atom. The van der Waals surface area contributed by atoms with Crippen LogP contribution in [0, 0.1) is 0 Å². The van der Waals surface area contributed by atoms with Crippen LogP contribution in [0.15, 0.2) is 28.8 Å². The van der Waals surface area contributed by atoms with Crippen molar-refractivity contribution in [3.63, 3.8) is 0 Å². The number of ether oxygens (including phenoxy) is 1. The van der Waals surface area contributed by atoms with Crippen LogP contribution >= 0.6 is 0 Å². The second-order valence-electron chi connectivity index (χ2n) is 2.41. The molecule has 0 aromatic heterocycles. The topological polar surface area (TPSA) is 21.6 Å². The van der Waals surface area contributed by atoms with E-state index >= 15 is 0 Å². The summed E-state index contributed by atoms with van der Waals surface area (Å²) in [7, 11) is 0. The molecule has 0 bridgehead atoms. The fraction of sp³-hybridized carbons (Fsp3) is 0.375. The molecule has 2 heteroatoms. The van der Waals surface area contributed by atoms with Gasteiger partial charge in [-0.2, -0.15) is 0 Å². The van der Waals surface area contributed by atoms with Crippen LogP contribution in [0.1, 0.15) is 0 Å². The number of nitrogens with zero attached hydrogens (tertiary/aromatic N) is 1. The third kappa shape index (κ3) is 0.907. The maximum Gasteiger partial charge on any atom is 0.102 e. The van der Waals surface area contributed by atoms with Crippen molar-refractivity contribution in [1.82, 2.24) is 0 Å². The second-order valence-corrected chi connectivity index (χ2v) is 2.41. The molecule has 2 rings (SSSR count). The van der Waals surface area contributed by atoms with Crippen molar-refractivity contribution < 1.29 is 4.74 Å². The molecule has 0 aromatic rings. The average molecular weight is 135 g/mol. The molecular weight excluding hydrogens is 126 g/mol. The SMILES string of the molecule is C1=CC2=CC=NCC2OC1. The van der Waals surface area contributed by atoms with E-state index in [1.165, 1.54) is 5.57 Å². The predicted octanol–water partition coefficient (Wildman–Crippen LogP) is 0.952. The van der Waals surface area contributed by atoms with E-state index < -0.39 is 0 Å². The molecule has 0 radical (unpaired) electrons. The van der Waals surface area contributed by atoms with E-state index in [-0.39, 0.29) is 6.10 Å². The van der Waals surface area contributed by atoms with E-state index in [4.69, 9.17) is 4.74 Å². The van der Waals surface area contributed by atoms with Crippen LogP contribution in [0.3, 0.4) is 0 Å². The molecular formula is C8H9NO. The second kappa shape index (κ2) is 2.39. The lowest BCUT2D eigenvalue weighted by molar-refractivity contribution is 0.103. The molecule has 2 aliphatic rings. The van der Waals surface area contributed by atoms with Crippen molar-refractivity contribution in [2.45, 2.75) is 6.10 Å². The van der Waals surface area contributed by atoms with E-state index in [0.29, 0.717) is 0 Å². The Hall–Kier alpha value is -0.890. The Balaban J connectivity index is 2.27. The van der Waals surface area contributed by atoms with Gasteiger partial charge in [-0.15, -0.1) is 0 Å². The summed E-state index contributed by atoms with van der Waals surface area (Å²) in [6.07, 6.45) is 8.21. The summed E-state index contributed by atoms with van der Waals surface area (Å²) >= 11 is 0. The zero-order valence-electron chi connectivity index (χ0n) is 5.66. The van der Waals surface area contributed by atoms with Crippen LogP contribution in [-0.4, -0.2) is 25.5 Å². The van der Waals surface area contributed by atoms with Crippen molar-refractivity contribution in [1.29, 1.82) is 0 Å². The Morgan fingerprint density at radius 3 is 3.50 bits per heavy atom. The predicted molar refractivity (Wildman–Crippen MR) is 40.3 cm³/mol. The van der Waals surface area contributed by atoms with Gasteiger partial charge in [0.1, 0.15) is 6.10 Å². The van der Waals surface area contributed by atoms with Gasteiger partial charge in [-0.1, -0.05) is 12.2 Å². The standard InChI is InChI=1S/C8H9NO/c1-2-7-3-4-9-6-8(7)10-5-1/h1-4,8H,5-6H2. The molecule has 52 valence electrons. The van der Waals surface area contributed by atoms with Gasteiger partial charge in [-0.05, 0) is 11.6 Å². The van der Waals surface area contributed by atoms with E-state index in [0.717, 1.165) is 13.2 Å². The minimum atomic E-state index is 0.231. The molecule has 2 nitrogen and oxygen atoms in total. The summed E-state index contributed by atoms with van der Waals surface area (Å²) in [5.74, 6) is 0. The van der Waals surface area contributed by atoms with Gasteiger partial charge in [0, 0.05) is 6.21 Å². The van der Waals surface area contributed by atoms with Crippen LogP contribution < -0.4 is 0 Å². The lowest BCUT2D eigenvalue weighted by Gasteiger charge is -2.21. The van der Waals surface area contributed by atoms with Crippen LogP contribution in [-0.2, 0) is 4.74 Å². The van der Waals surface area contributed by atoms with Crippen molar-refractivity contribution in [2.75, 3.05) is 13.2 Å². The Kier molecular flexibility index (Phi) is 1.40. The Bertz CT molecular complexity index is 215. The molecule has 0 aromatic carbocycles. The van der Waals surface area contributed by atoms with Gasteiger partial charge in [-0.3, -0.25) is 4.99 Å². The fourth-order valence-electron chi connectivity index (χ4n) is 1.18. The van der Waals surface area contributed by atoms with E-state index in [1.807, 2.05) is 18.4 Å². The number of rotatable bonds is 0. The smallest absolute Gasteiger partial charge is 0.102 e. The first kappa shape index (κ1) is 5.86. The van der Waals surface area contributed by atoms with Crippen LogP contribution in [0.2, 0.25) is 0 Å². The van der Waals surface area contributed by atoms with E-state index in [9.17, 15) is 0 Å². The highest BCUT2D eigenvalue weighted by atomic mass is 16.5. The molecule has 1 atom stereocenters. The summed E-state index contributed by atoms with van der Waals surface area (Å²) < 4.78 is 5.41. The minimum absolute atomic E-state index is 0.231.